The quantitative estimate of drug-likeness (QED) is 0.896. The second-order valence-electron chi connectivity index (χ2n) is 4.90. The molecule has 0 saturated carbocycles. The molecule has 1 heterocycles. The third-order valence-corrected chi connectivity index (χ3v) is 3.45. The molecule has 18 heavy (non-hydrogen) atoms. The minimum atomic E-state index is -0.355. The Morgan fingerprint density at radius 1 is 1.22 bits per heavy atom. The normalized spacial score (nSPS) is 18.9. The average molecular weight is 255 g/mol. The second-order valence-corrected chi connectivity index (χ2v) is 4.90. The van der Waals surface area contributed by atoms with E-state index in [4.69, 9.17) is 4.74 Å². The van der Waals surface area contributed by atoms with Crippen LogP contribution in [0, 0.1) is 18.6 Å². The highest BCUT2D eigenvalue weighted by Crippen LogP contribution is 2.22. The predicted molar refractivity (Wildman–Crippen MR) is 66.5 cm³/mol. The molecule has 0 aliphatic carbocycles. The van der Waals surface area contributed by atoms with Gasteiger partial charge in [-0.05, 0) is 44.4 Å². The van der Waals surface area contributed by atoms with Crippen LogP contribution in [0.2, 0.25) is 0 Å². The molecule has 1 atom stereocenters. The van der Waals surface area contributed by atoms with Gasteiger partial charge in [-0.15, -0.1) is 0 Å². The van der Waals surface area contributed by atoms with Crippen LogP contribution in [-0.2, 0) is 4.74 Å². The Labute approximate surface area is 106 Å². The van der Waals surface area contributed by atoms with Crippen LogP contribution in [0.15, 0.2) is 12.1 Å². The van der Waals surface area contributed by atoms with Gasteiger partial charge in [-0.1, -0.05) is 0 Å². The number of hydrogen-bond donors (Lipinski definition) is 1. The molecule has 0 amide bonds. The highest BCUT2D eigenvalue weighted by atomic mass is 19.1. The van der Waals surface area contributed by atoms with Crippen LogP contribution < -0.4 is 5.32 Å². The molecule has 0 radical (unpaired) electrons. The molecule has 1 fully saturated rings. The monoisotopic (exact) mass is 255 g/mol. The standard InChI is InChI=1S/C14H19F2NO/c1-9-7-14(16)12(8-13(9)15)10(2)17-11-3-5-18-6-4-11/h7-8,10-11,17H,3-6H2,1-2H3. The largest absolute Gasteiger partial charge is 0.381 e. The Kier molecular flexibility index (Phi) is 4.30. The summed E-state index contributed by atoms with van der Waals surface area (Å²) in [6, 6.07) is 2.68. The van der Waals surface area contributed by atoms with Crippen LogP contribution in [0.5, 0.6) is 0 Å². The summed E-state index contributed by atoms with van der Waals surface area (Å²) in [6.07, 6.45) is 1.83. The van der Waals surface area contributed by atoms with Crippen molar-refractivity contribution in [3.63, 3.8) is 0 Å². The first kappa shape index (κ1) is 13.4. The Balaban J connectivity index is 2.08. The van der Waals surface area contributed by atoms with Gasteiger partial charge in [0.05, 0.1) is 0 Å². The lowest BCUT2D eigenvalue weighted by molar-refractivity contribution is 0.0753. The minimum absolute atomic E-state index is 0.191. The minimum Gasteiger partial charge on any atom is -0.381 e. The summed E-state index contributed by atoms with van der Waals surface area (Å²) in [6.45, 7) is 4.89. The van der Waals surface area contributed by atoms with E-state index in [-0.39, 0.29) is 17.7 Å². The molecule has 0 bridgehead atoms. The number of ether oxygens (including phenoxy) is 1. The lowest BCUT2D eigenvalue weighted by Crippen LogP contribution is -2.36. The van der Waals surface area contributed by atoms with Crippen molar-refractivity contribution >= 4 is 0 Å². The van der Waals surface area contributed by atoms with Crippen molar-refractivity contribution < 1.29 is 13.5 Å². The summed E-state index contributed by atoms with van der Waals surface area (Å²) in [5.74, 6) is -0.701. The van der Waals surface area contributed by atoms with Gasteiger partial charge in [0, 0.05) is 30.9 Å². The van der Waals surface area contributed by atoms with Gasteiger partial charge in [0.2, 0.25) is 0 Å². The number of rotatable bonds is 3. The van der Waals surface area contributed by atoms with Gasteiger partial charge >= 0.3 is 0 Å². The number of hydrogen-bond acceptors (Lipinski definition) is 2. The van der Waals surface area contributed by atoms with E-state index in [2.05, 4.69) is 5.32 Å². The van der Waals surface area contributed by atoms with Crippen LogP contribution >= 0.6 is 0 Å². The van der Waals surface area contributed by atoms with Gasteiger partial charge in [0.15, 0.2) is 0 Å². The van der Waals surface area contributed by atoms with Gasteiger partial charge < -0.3 is 10.1 Å². The second kappa shape index (κ2) is 5.76. The smallest absolute Gasteiger partial charge is 0.128 e. The maximum atomic E-state index is 13.8. The number of nitrogens with one attached hydrogen (secondary N) is 1. The number of halogens is 2. The van der Waals surface area contributed by atoms with E-state index >= 15 is 0 Å². The molecular formula is C14H19F2NO. The molecule has 1 aliphatic heterocycles. The fourth-order valence-electron chi connectivity index (χ4n) is 2.30. The maximum absolute atomic E-state index is 13.8. The summed E-state index contributed by atoms with van der Waals surface area (Å²) in [5.41, 5.74) is 0.735. The van der Waals surface area contributed by atoms with Crippen LogP contribution in [0.3, 0.4) is 0 Å². The zero-order chi connectivity index (χ0) is 13.1. The SMILES string of the molecule is Cc1cc(F)c(C(C)NC2CCOCC2)cc1F. The summed E-state index contributed by atoms with van der Waals surface area (Å²) < 4.78 is 32.6. The maximum Gasteiger partial charge on any atom is 0.128 e. The van der Waals surface area contributed by atoms with Gasteiger partial charge in [0.25, 0.3) is 0 Å². The summed E-state index contributed by atoms with van der Waals surface area (Å²) in [7, 11) is 0. The van der Waals surface area contributed by atoms with Crippen LogP contribution in [0.1, 0.15) is 36.9 Å². The van der Waals surface area contributed by atoms with Gasteiger partial charge in [-0.25, -0.2) is 8.78 Å². The molecule has 0 aromatic heterocycles. The van der Waals surface area contributed by atoms with E-state index < -0.39 is 0 Å². The van der Waals surface area contributed by atoms with Crippen molar-refractivity contribution in [3.05, 3.63) is 34.9 Å². The van der Waals surface area contributed by atoms with Gasteiger partial charge in [-0.2, -0.15) is 0 Å². The Morgan fingerprint density at radius 3 is 2.56 bits per heavy atom. The van der Waals surface area contributed by atoms with Crippen LogP contribution in [0.25, 0.3) is 0 Å². The highest BCUT2D eigenvalue weighted by molar-refractivity contribution is 5.27. The van der Waals surface area contributed by atoms with Gasteiger partial charge in [-0.3, -0.25) is 0 Å². The molecule has 1 aromatic rings. The molecule has 100 valence electrons. The third-order valence-electron chi connectivity index (χ3n) is 3.45. The third kappa shape index (κ3) is 3.06. The van der Waals surface area contributed by atoms with E-state index in [1.54, 1.807) is 6.92 Å². The van der Waals surface area contributed by atoms with Gasteiger partial charge in [0.1, 0.15) is 11.6 Å². The summed E-state index contributed by atoms with van der Waals surface area (Å²) in [5, 5.41) is 3.34. The van der Waals surface area contributed by atoms with E-state index in [1.165, 1.54) is 12.1 Å². The van der Waals surface area contributed by atoms with Crippen LogP contribution in [0.4, 0.5) is 8.78 Å². The first-order chi connectivity index (χ1) is 8.58. The van der Waals surface area contributed by atoms with E-state index in [9.17, 15) is 8.78 Å². The van der Waals surface area contributed by atoms with Crippen LogP contribution in [-0.4, -0.2) is 19.3 Å². The molecule has 2 rings (SSSR count). The molecular weight excluding hydrogens is 236 g/mol. The van der Waals surface area contributed by atoms with Crippen molar-refractivity contribution in [1.29, 1.82) is 0 Å². The topological polar surface area (TPSA) is 21.3 Å². The van der Waals surface area contributed by atoms with E-state index in [0.29, 0.717) is 17.2 Å². The highest BCUT2D eigenvalue weighted by Gasteiger charge is 2.19. The fraction of sp³-hybridized carbons (Fsp3) is 0.571. The lowest BCUT2D eigenvalue weighted by atomic mass is 10.0. The molecule has 4 heteroatoms. The molecule has 1 aliphatic rings. The number of benzene rings is 1. The molecule has 1 saturated heterocycles. The first-order valence-electron chi connectivity index (χ1n) is 6.37. The first-order valence-corrected chi connectivity index (χ1v) is 6.37. The fourth-order valence-corrected chi connectivity index (χ4v) is 2.30. The van der Waals surface area contributed by atoms with Crippen molar-refractivity contribution in [3.8, 4) is 0 Å². The van der Waals surface area contributed by atoms with E-state index in [1.807, 2.05) is 6.92 Å². The van der Waals surface area contributed by atoms with Crippen molar-refractivity contribution in [2.45, 2.75) is 38.8 Å². The molecule has 1 aromatic carbocycles. The lowest BCUT2D eigenvalue weighted by Gasteiger charge is -2.27. The molecule has 1 unspecified atom stereocenters. The Hall–Kier alpha value is -1.00. The van der Waals surface area contributed by atoms with Crippen molar-refractivity contribution in [2.24, 2.45) is 0 Å². The van der Waals surface area contributed by atoms with Crippen molar-refractivity contribution in [1.82, 2.24) is 5.32 Å². The molecule has 0 spiro atoms. The average Bonchev–Trinajstić information content (AvgIpc) is 2.35. The summed E-state index contributed by atoms with van der Waals surface area (Å²) in [4.78, 5) is 0. The number of aryl methyl sites for hydroxylation is 1. The zero-order valence-corrected chi connectivity index (χ0v) is 10.8. The zero-order valence-electron chi connectivity index (χ0n) is 10.8. The summed E-state index contributed by atoms with van der Waals surface area (Å²) >= 11 is 0. The predicted octanol–water partition coefficient (Wildman–Crippen LogP) is 3.10. The molecule has 2 nitrogen and oxygen atoms in total. The Morgan fingerprint density at radius 2 is 1.89 bits per heavy atom. The molecule has 1 N–H and O–H groups in total. The Bertz CT molecular complexity index is 417. The van der Waals surface area contributed by atoms with E-state index in [0.717, 1.165) is 26.1 Å². The van der Waals surface area contributed by atoms with Crippen molar-refractivity contribution in [2.75, 3.05) is 13.2 Å².